The minimum atomic E-state index is -0.375. The maximum absolute atomic E-state index is 14.9. The first-order valence-electron chi connectivity index (χ1n) is 10.5. The van der Waals surface area contributed by atoms with E-state index in [-0.39, 0.29) is 17.9 Å². The van der Waals surface area contributed by atoms with E-state index in [1.54, 1.807) is 29.1 Å². The van der Waals surface area contributed by atoms with Crippen LogP contribution in [0.15, 0.2) is 60.8 Å². The van der Waals surface area contributed by atoms with Crippen molar-refractivity contribution < 1.29 is 9.13 Å². The fourth-order valence-corrected chi connectivity index (χ4v) is 4.02. The molecule has 1 aliphatic rings. The maximum atomic E-state index is 14.9. The molecule has 5 rings (SSSR count). The minimum Gasteiger partial charge on any atom is -0.377 e. The molecule has 1 fully saturated rings. The van der Waals surface area contributed by atoms with Gasteiger partial charge in [0.25, 0.3) is 0 Å². The molecule has 4 aromatic rings. The summed E-state index contributed by atoms with van der Waals surface area (Å²) >= 11 is 0. The van der Waals surface area contributed by atoms with Gasteiger partial charge in [0.15, 0.2) is 5.82 Å². The van der Waals surface area contributed by atoms with Crippen LogP contribution < -0.4 is 4.90 Å². The molecular formula is C23H22FN7O. The van der Waals surface area contributed by atoms with Crippen LogP contribution in [0.4, 0.5) is 10.3 Å². The van der Waals surface area contributed by atoms with E-state index in [0.29, 0.717) is 41.8 Å². The molecule has 0 saturated carbocycles. The molecule has 1 saturated heterocycles. The largest absolute Gasteiger partial charge is 0.377 e. The molecule has 0 radical (unpaired) electrons. The lowest BCUT2D eigenvalue weighted by molar-refractivity contribution is 0.0747. The van der Waals surface area contributed by atoms with Gasteiger partial charge in [0.1, 0.15) is 5.82 Å². The van der Waals surface area contributed by atoms with E-state index >= 15 is 0 Å². The quantitative estimate of drug-likeness (QED) is 0.489. The molecule has 0 bridgehead atoms. The van der Waals surface area contributed by atoms with Crippen molar-refractivity contribution in [2.45, 2.75) is 25.9 Å². The van der Waals surface area contributed by atoms with E-state index < -0.39 is 0 Å². The van der Waals surface area contributed by atoms with Gasteiger partial charge in [0.2, 0.25) is 5.95 Å². The number of anilines is 1. The third-order valence-electron chi connectivity index (χ3n) is 5.51. The second-order valence-electron chi connectivity index (χ2n) is 7.80. The van der Waals surface area contributed by atoms with Crippen molar-refractivity contribution in [3.8, 4) is 28.3 Å². The van der Waals surface area contributed by atoms with Gasteiger partial charge >= 0.3 is 0 Å². The van der Waals surface area contributed by atoms with E-state index in [1.165, 1.54) is 6.07 Å². The van der Waals surface area contributed by atoms with Crippen molar-refractivity contribution in [3.05, 3.63) is 66.6 Å². The van der Waals surface area contributed by atoms with Gasteiger partial charge in [0.05, 0.1) is 42.2 Å². The smallest absolute Gasteiger partial charge is 0.226 e. The Labute approximate surface area is 184 Å². The third-order valence-corrected chi connectivity index (χ3v) is 5.51. The predicted octanol–water partition coefficient (Wildman–Crippen LogP) is 3.54. The van der Waals surface area contributed by atoms with Crippen LogP contribution in [0.2, 0.25) is 0 Å². The molecule has 0 aliphatic carbocycles. The molecule has 9 heteroatoms. The van der Waals surface area contributed by atoms with Crippen molar-refractivity contribution >= 4 is 5.95 Å². The first-order chi connectivity index (χ1) is 15.6. The number of halogens is 1. The number of rotatable bonds is 4. The highest BCUT2D eigenvalue weighted by Crippen LogP contribution is 2.33. The van der Waals surface area contributed by atoms with Gasteiger partial charge in [0, 0.05) is 11.8 Å². The average Bonchev–Trinajstić information content (AvgIpc) is 3.30. The molecule has 3 heterocycles. The number of benzene rings is 2. The van der Waals surface area contributed by atoms with Gasteiger partial charge in [-0.1, -0.05) is 30.3 Å². The fraction of sp³-hybridized carbons (Fsp3) is 0.261. The molecule has 8 nitrogen and oxygen atoms in total. The highest BCUT2D eigenvalue weighted by Gasteiger charge is 2.29. The number of hydrogen-bond acceptors (Lipinski definition) is 7. The topological polar surface area (TPSA) is 81.9 Å². The Morgan fingerprint density at radius 3 is 2.41 bits per heavy atom. The summed E-state index contributed by atoms with van der Waals surface area (Å²) in [6.07, 6.45) is 1.67. The van der Waals surface area contributed by atoms with Crippen LogP contribution in [-0.2, 0) is 4.74 Å². The average molecular weight is 431 g/mol. The number of para-hydroxylation sites is 1. The lowest BCUT2D eigenvalue weighted by Crippen LogP contribution is -2.50. The van der Waals surface area contributed by atoms with Crippen LogP contribution in [0.3, 0.4) is 0 Å². The summed E-state index contributed by atoms with van der Waals surface area (Å²) in [5.41, 5.74) is 2.13. The zero-order chi connectivity index (χ0) is 22.1. The Kier molecular flexibility index (Phi) is 5.32. The minimum absolute atomic E-state index is 0.0905. The van der Waals surface area contributed by atoms with E-state index in [1.807, 2.05) is 30.3 Å². The van der Waals surface area contributed by atoms with Crippen LogP contribution in [-0.4, -0.2) is 55.5 Å². The zero-order valence-electron chi connectivity index (χ0n) is 17.8. The van der Waals surface area contributed by atoms with Crippen molar-refractivity contribution in [1.29, 1.82) is 0 Å². The molecule has 0 unspecified atom stereocenters. The van der Waals surface area contributed by atoms with Gasteiger partial charge in [-0.25, -0.2) is 14.4 Å². The van der Waals surface area contributed by atoms with Gasteiger partial charge < -0.3 is 9.64 Å². The van der Waals surface area contributed by atoms with Crippen LogP contribution in [0.25, 0.3) is 28.3 Å². The number of morpholine rings is 1. The zero-order valence-corrected chi connectivity index (χ0v) is 17.8. The summed E-state index contributed by atoms with van der Waals surface area (Å²) in [6, 6.07) is 16.3. The molecule has 0 N–H and O–H groups in total. The van der Waals surface area contributed by atoms with Crippen LogP contribution >= 0.6 is 0 Å². The van der Waals surface area contributed by atoms with Crippen molar-refractivity contribution in [2.75, 3.05) is 18.1 Å². The number of aromatic nitrogens is 6. The first-order valence-corrected chi connectivity index (χ1v) is 10.5. The lowest BCUT2D eigenvalue weighted by atomic mass is 10.1. The highest BCUT2D eigenvalue weighted by atomic mass is 19.1. The Morgan fingerprint density at radius 2 is 1.66 bits per heavy atom. The summed E-state index contributed by atoms with van der Waals surface area (Å²) in [4.78, 5) is 11.6. The summed E-state index contributed by atoms with van der Waals surface area (Å²) in [5, 5.41) is 12.2. The maximum Gasteiger partial charge on any atom is 0.226 e. The predicted molar refractivity (Wildman–Crippen MR) is 118 cm³/mol. The number of nitrogens with zero attached hydrogens (tertiary/aromatic N) is 7. The molecule has 162 valence electrons. The molecule has 2 atom stereocenters. The Balaban J connectivity index is 1.69. The first kappa shape index (κ1) is 20.2. The Hall–Kier alpha value is -3.72. The van der Waals surface area contributed by atoms with Crippen molar-refractivity contribution in [3.63, 3.8) is 0 Å². The van der Waals surface area contributed by atoms with E-state index in [4.69, 9.17) is 9.72 Å². The molecule has 1 aliphatic heterocycles. The number of hydrogen-bond donors (Lipinski definition) is 0. The molecule has 32 heavy (non-hydrogen) atoms. The Bertz CT molecular complexity index is 1220. The van der Waals surface area contributed by atoms with E-state index in [0.717, 1.165) is 5.69 Å². The summed E-state index contributed by atoms with van der Waals surface area (Å²) < 4.78 is 22.1. The fourth-order valence-electron chi connectivity index (χ4n) is 4.02. The molecule has 0 spiro atoms. The molecule has 2 aromatic heterocycles. The number of ether oxygens (including phenoxy) is 1. The van der Waals surface area contributed by atoms with Gasteiger partial charge in [-0.05, 0) is 48.5 Å². The van der Waals surface area contributed by atoms with Crippen LogP contribution in [0.5, 0.6) is 0 Å². The second-order valence-corrected chi connectivity index (χ2v) is 7.80. The molecular weight excluding hydrogens is 409 g/mol. The summed E-state index contributed by atoms with van der Waals surface area (Å²) in [5.74, 6) is 0.582. The lowest BCUT2D eigenvalue weighted by Gasteiger charge is -2.38. The van der Waals surface area contributed by atoms with Crippen LogP contribution in [0.1, 0.15) is 13.8 Å². The normalized spacial score (nSPS) is 18.7. The molecule has 2 aromatic carbocycles. The third kappa shape index (κ3) is 3.60. The van der Waals surface area contributed by atoms with Gasteiger partial charge in [-0.3, -0.25) is 0 Å². The van der Waals surface area contributed by atoms with E-state index in [9.17, 15) is 4.39 Å². The van der Waals surface area contributed by atoms with Crippen LogP contribution in [0, 0.1) is 5.82 Å². The molecule has 0 amide bonds. The van der Waals surface area contributed by atoms with Crippen molar-refractivity contribution in [2.24, 2.45) is 0 Å². The highest BCUT2D eigenvalue weighted by molar-refractivity contribution is 5.78. The number of tetrazole rings is 1. The monoisotopic (exact) mass is 431 g/mol. The standard InChI is InChI=1S/C23H22FN7O/c1-15-13-32-14-16(2)30(15)23-25-12-19(21(26-23)18-10-6-7-11-20(18)24)22-27-28-29-31(22)17-8-4-3-5-9-17/h3-12,15-16H,13-14H2,1-2H3/t15-,16-/m0/s1. The van der Waals surface area contributed by atoms with Gasteiger partial charge in [-0.15, -0.1) is 5.10 Å². The van der Waals surface area contributed by atoms with Gasteiger partial charge in [-0.2, -0.15) is 4.68 Å². The second kappa shape index (κ2) is 8.43. The van der Waals surface area contributed by atoms with Crippen molar-refractivity contribution in [1.82, 2.24) is 30.2 Å². The summed E-state index contributed by atoms with van der Waals surface area (Å²) in [6.45, 7) is 5.28. The Morgan fingerprint density at radius 1 is 0.938 bits per heavy atom. The summed E-state index contributed by atoms with van der Waals surface area (Å²) in [7, 11) is 0. The SMILES string of the molecule is C[C@H]1COC[C@H](C)N1c1ncc(-c2nnnn2-c2ccccc2)c(-c2ccccc2F)n1. The van der Waals surface area contributed by atoms with E-state index in [2.05, 4.69) is 39.3 Å².